The van der Waals surface area contributed by atoms with Crippen LogP contribution in [0.4, 0.5) is 17.1 Å². The van der Waals surface area contributed by atoms with Gasteiger partial charge < -0.3 is 0 Å². The van der Waals surface area contributed by atoms with Crippen LogP contribution in [-0.4, -0.2) is 11.9 Å². The lowest BCUT2D eigenvalue weighted by atomic mass is 9.98. The zero-order valence-corrected chi connectivity index (χ0v) is 21.0. The molecular weight excluding hydrogens is 464 g/mol. The van der Waals surface area contributed by atoms with E-state index in [9.17, 15) is 0 Å². The van der Waals surface area contributed by atoms with E-state index in [4.69, 9.17) is 10.2 Å². The highest BCUT2D eigenvalue weighted by atomic mass is 15.5. The van der Waals surface area contributed by atoms with Crippen LogP contribution in [0, 0.1) is 0 Å². The van der Waals surface area contributed by atoms with Gasteiger partial charge in [-0.05, 0) is 53.1 Å². The van der Waals surface area contributed by atoms with Crippen molar-refractivity contribution < 1.29 is 0 Å². The van der Waals surface area contributed by atoms with Gasteiger partial charge in [-0.25, -0.2) is 5.01 Å². The molecule has 0 N–H and O–H groups in total. The topological polar surface area (TPSA) is 31.2 Å². The first kappa shape index (κ1) is 23.4. The van der Waals surface area contributed by atoms with Crippen LogP contribution in [0.1, 0.15) is 29.2 Å². The van der Waals surface area contributed by atoms with E-state index in [1.807, 2.05) is 53.7 Å². The molecule has 0 fully saturated rings. The highest BCUT2D eigenvalue weighted by Crippen LogP contribution is 2.36. The molecule has 184 valence electrons. The Morgan fingerprint density at radius 2 is 1.16 bits per heavy atom. The molecule has 0 aromatic heterocycles. The van der Waals surface area contributed by atoms with Crippen LogP contribution in [0.5, 0.6) is 0 Å². The van der Waals surface area contributed by atoms with Crippen molar-refractivity contribution in [3.63, 3.8) is 0 Å². The second kappa shape index (κ2) is 11.0. The fourth-order valence-electron chi connectivity index (χ4n) is 4.75. The minimum absolute atomic E-state index is 0.151. The van der Waals surface area contributed by atoms with Crippen LogP contribution in [0.3, 0.4) is 0 Å². The Morgan fingerprint density at radius 1 is 0.632 bits per heavy atom. The predicted molar refractivity (Wildman–Crippen MR) is 158 cm³/mol. The van der Waals surface area contributed by atoms with Crippen molar-refractivity contribution >= 4 is 29.0 Å². The van der Waals surface area contributed by atoms with Crippen molar-refractivity contribution in [3.05, 3.63) is 162 Å². The summed E-state index contributed by atoms with van der Waals surface area (Å²) in [6.07, 6.45) is 2.77. The van der Waals surface area contributed by atoms with Crippen molar-refractivity contribution in [2.24, 2.45) is 10.2 Å². The summed E-state index contributed by atoms with van der Waals surface area (Å²) in [6.45, 7) is 0. The minimum atomic E-state index is 0.151. The van der Waals surface area contributed by atoms with E-state index < -0.39 is 0 Å². The summed E-state index contributed by atoms with van der Waals surface area (Å²) < 4.78 is 0. The number of hydrogen-bond acceptors (Lipinski definition) is 4. The number of rotatable bonds is 7. The van der Waals surface area contributed by atoms with E-state index in [1.54, 1.807) is 0 Å². The van der Waals surface area contributed by atoms with E-state index >= 15 is 0 Å². The Hall–Kier alpha value is -4.96. The summed E-state index contributed by atoms with van der Waals surface area (Å²) in [5.74, 6) is 0. The van der Waals surface area contributed by atoms with Gasteiger partial charge in [-0.3, -0.25) is 5.01 Å². The van der Waals surface area contributed by atoms with Crippen LogP contribution in [-0.2, 0) is 0 Å². The first-order valence-corrected chi connectivity index (χ1v) is 12.9. The van der Waals surface area contributed by atoms with Gasteiger partial charge in [-0.15, -0.1) is 0 Å². The van der Waals surface area contributed by atoms with Crippen LogP contribution in [0.15, 0.2) is 156 Å². The number of anilines is 3. The lowest BCUT2D eigenvalue weighted by Gasteiger charge is -2.24. The molecule has 0 saturated heterocycles. The van der Waals surface area contributed by atoms with Gasteiger partial charge in [0, 0.05) is 6.42 Å². The summed E-state index contributed by atoms with van der Waals surface area (Å²) in [7, 11) is 0. The summed E-state index contributed by atoms with van der Waals surface area (Å²) in [5.41, 5.74) is 7.63. The van der Waals surface area contributed by atoms with Crippen LogP contribution < -0.4 is 10.0 Å². The zero-order valence-electron chi connectivity index (χ0n) is 21.0. The quantitative estimate of drug-likeness (QED) is 0.169. The first-order valence-electron chi connectivity index (χ1n) is 12.9. The molecule has 1 atom stereocenters. The van der Waals surface area contributed by atoms with E-state index in [2.05, 4.69) is 108 Å². The maximum Gasteiger partial charge on any atom is 0.0831 e. The summed E-state index contributed by atoms with van der Waals surface area (Å²) >= 11 is 0. The van der Waals surface area contributed by atoms with Gasteiger partial charge in [0.05, 0.1) is 35.0 Å². The second-order valence-corrected chi connectivity index (χ2v) is 9.21. The summed E-state index contributed by atoms with van der Waals surface area (Å²) in [5, 5.41) is 14.0. The van der Waals surface area contributed by atoms with Crippen molar-refractivity contribution in [2.45, 2.75) is 12.5 Å². The molecular formula is C34H28N4. The molecule has 0 bridgehead atoms. The van der Waals surface area contributed by atoms with E-state index in [0.717, 1.165) is 34.8 Å². The SMILES string of the molecule is C(=N\N(c1ccccc1)c1ccccc1)/c1ccc(N2N=C(c3ccccc3)CC2c2ccccc2)cc1. The molecule has 1 heterocycles. The van der Waals surface area contributed by atoms with E-state index in [0.29, 0.717) is 0 Å². The Morgan fingerprint density at radius 3 is 1.74 bits per heavy atom. The van der Waals surface area contributed by atoms with Crippen molar-refractivity contribution in [2.75, 3.05) is 10.0 Å². The fourth-order valence-corrected chi connectivity index (χ4v) is 4.75. The third-order valence-electron chi connectivity index (χ3n) is 6.68. The van der Waals surface area contributed by atoms with Crippen molar-refractivity contribution in [3.8, 4) is 0 Å². The van der Waals surface area contributed by atoms with Gasteiger partial charge in [-0.1, -0.05) is 109 Å². The highest BCUT2D eigenvalue weighted by Gasteiger charge is 2.29. The molecule has 5 aromatic carbocycles. The molecule has 0 spiro atoms. The average Bonchev–Trinajstić information content (AvgIpc) is 3.45. The van der Waals surface area contributed by atoms with Gasteiger partial charge in [-0.2, -0.15) is 10.2 Å². The van der Waals surface area contributed by atoms with Crippen LogP contribution in [0.2, 0.25) is 0 Å². The predicted octanol–water partition coefficient (Wildman–Crippen LogP) is 8.21. The lowest BCUT2D eigenvalue weighted by molar-refractivity contribution is 0.709. The number of para-hydroxylation sites is 2. The standard InChI is InChI=1S/C34H28N4/c1-5-13-28(14-6-1)33-25-34(29-15-7-2-8-16-29)38(36-33)32-23-21-27(22-24-32)26-35-37(30-17-9-3-10-18-30)31-19-11-4-12-20-31/h1-24,26,34H,25H2/b35-26+. The van der Waals surface area contributed by atoms with Crippen LogP contribution >= 0.6 is 0 Å². The van der Waals surface area contributed by atoms with Crippen molar-refractivity contribution in [1.29, 1.82) is 0 Å². The van der Waals surface area contributed by atoms with E-state index in [1.165, 1.54) is 11.1 Å². The number of hydrogen-bond donors (Lipinski definition) is 0. The normalized spacial score (nSPS) is 15.0. The second-order valence-electron chi connectivity index (χ2n) is 9.21. The monoisotopic (exact) mass is 492 g/mol. The average molecular weight is 493 g/mol. The molecule has 0 amide bonds. The molecule has 0 radical (unpaired) electrons. The first-order chi connectivity index (χ1) is 18.8. The minimum Gasteiger partial charge on any atom is -0.257 e. The highest BCUT2D eigenvalue weighted by molar-refractivity contribution is 6.03. The zero-order chi connectivity index (χ0) is 25.6. The van der Waals surface area contributed by atoms with Gasteiger partial charge in [0.25, 0.3) is 0 Å². The molecule has 5 aromatic rings. The lowest BCUT2D eigenvalue weighted by Crippen LogP contribution is -2.18. The van der Waals surface area contributed by atoms with Crippen molar-refractivity contribution in [1.82, 2.24) is 0 Å². The smallest absolute Gasteiger partial charge is 0.0831 e. The molecule has 38 heavy (non-hydrogen) atoms. The molecule has 4 nitrogen and oxygen atoms in total. The largest absolute Gasteiger partial charge is 0.257 e. The Bertz CT molecular complexity index is 1470. The molecule has 1 unspecified atom stereocenters. The fraction of sp³-hybridized carbons (Fsp3) is 0.0588. The number of benzene rings is 5. The van der Waals surface area contributed by atoms with Gasteiger partial charge in [0.2, 0.25) is 0 Å². The summed E-state index contributed by atoms with van der Waals surface area (Å²) in [6, 6.07) is 50.1. The van der Waals surface area contributed by atoms with Gasteiger partial charge in [0.15, 0.2) is 0 Å². The third-order valence-corrected chi connectivity index (χ3v) is 6.68. The number of hydrazone groups is 2. The van der Waals surface area contributed by atoms with Gasteiger partial charge in [0.1, 0.15) is 0 Å². The molecule has 6 rings (SSSR count). The number of nitrogens with zero attached hydrogens (tertiary/aromatic N) is 4. The molecule has 0 aliphatic carbocycles. The third kappa shape index (κ3) is 5.11. The summed E-state index contributed by atoms with van der Waals surface area (Å²) in [4.78, 5) is 0. The maximum absolute atomic E-state index is 5.08. The molecule has 1 aliphatic heterocycles. The Kier molecular flexibility index (Phi) is 6.77. The Labute approximate surface area is 223 Å². The van der Waals surface area contributed by atoms with Crippen LogP contribution in [0.25, 0.3) is 0 Å². The maximum atomic E-state index is 5.08. The van der Waals surface area contributed by atoms with Gasteiger partial charge >= 0.3 is 0 Å². The molecule has 4 heteroatoms. The molecule has 1 aliphatic rings. The van der Waals surface area contributed by atoms with E-state index in [-0.39, 0.29) is 6.04 Å². The molecule has 0 saturated carbocycles. The Balaban J connectivity index is 1.28.